The van der Waals surface area contributed by atoms with Crippen LogP contribution >= 0.6 is 0 Å². The van der Waals surface area contributed by atoms with Crippen LogP contribution in [0.2, 0.25) is 0 Å². The molecule has 0 radical (unpaired) electrons. The van der Waals surface area contributed by atoms with Gasteiger partial charge in [-0.05, 0) is 44.7 Å². The fourth-order valence-corrected chi connectivity index (χ4v) is 3.71. The molecule has 2 fully saturated rings. The Bertz CT molecular complexity index is 562. The normalized spacial score (nSPS) is 24.0. The number of piperidine rings is 1. The molecular weight excluding hydrogens is 306 g/mol. The summed E-state index contributed by atoms with van der Waals surface area (Å²) in [7, 11) is 3.55. The van der Waals surface area contributed by atoms with Crippen molar-refractivity contribution < 1.29 is 13.9 Å². The molecule has 2 saturated heterocycles. The minimum Gasteiger partial charge on any atom is -0.465 e. The Hall–Kier alpha value is -1.53. The second kappa shape index (κ2) is 7.15. The van der Waals surface area contributed by atoms with E-state index in [4.69, 9.17) is 9.15 Å². The molecule has 0 bridgehead atoms. The Kier molecular flexibility index (Phi) is 5.15. The second-order valence-corrected chi connectivity index (χ2v) is 7.35. The van der Waals surface area contributed by atoms with E-state index in [1.165, 1.54) is 0 Å². The third kappa shape index (κ3) is 4.11. The highest BCUT2D eigenvalue weighted by Gasteiger charge is 2.40. The van der Waals surface area contributed by atoms with E-state index in [2.05, 4.69) is 16.3 Å². The van der Waals surface area contributed by atoms with E-state index in [-0.39, 0.29) is 17.7 Å². The number of carbonyl (C=O) groups excluding carboxylic acids is 1. The minimum absolute atomic E-state index is 0.0114. The smallest absolute Gasteiger partial charge is 0.317 e. The van der Waals surface area contributed by atoms with Gasteiger partial charge < -0.3 is 19.4 Å². The van der Waals surface area contributed by atoms with Crippen LogP contribution in [-0.2, 0) is 11.3 Å². The maximum Gasteiger partial charge on any atom is 0.317 e. The lowest BCUT2D eigenvalue weighted by molar-refractivity contribution is -0.119. The highest BCUT2D eigenvalue weighted by molar-refractivity contribution is 5.73. The molecule has 2 aliphatic rings. The van der Waals surface area contributed by atoms with E-state index in [9.17, 15) is 4.79 Å². The Morgan fingerprint density at radius 1 is 1.38 bits per heavy atom. The number of rotatable bonds is 3. The lowest BCUT2D eigenvalue weighted by Gasteiger charge is -2.46. The number of hydrogen-bond donors (Lipinski definition) is 1. The van der Waals surface area contributed by atoms with Crippen LogP contribution in [0.1, 0.15) is 37.2 Å². The molecule has 1 aromatic heterocycles. The Morgan fingerprint density at radius 2 is 2.12 bits per heavy atom. The van der Waals surface area contributed by atoms with Crippen molar-refractivity contribution in [2.75, 3.05) is 33.8 Å². The molecule has 0 aliphatic carbocycles. The summed E-state index contributed by atoms with van der Waals surface area (Å²) in [5, 5.41) is 3.12. The van der Waals surface area contributed by atoms with Crippen molar-refractivity contribution in [1.29, 1.82) is 0 Å². The van der Waals surface area contributed by atoms with Crippen LogP contribution in [0.15, 0.2) is 16.5 Å². The van der Waals surface area contributed by atoms with Gasteiger partial charge in [0.25, 0.3) is 0 Å². The van der Waals surface area contributed by atoms with Gasteiger partial charge in [0.05, 0.1) is 12.1 Å². The second-order valence-electron chi connectivity index (χ2n) is 7.35. The molecule has 3 heterocycles. The maximum absolute atomic E-state index is 11.9. The average Bonchev–Trinajstić information content (AvgIpc) is 2.95. The zero-order valence-corrected chi connectivity index (χ0v) is 15.0. The number of furan rings is 1. The summed E-state index contributed by atoms with van der Waals surface area (Å²) in [5.74, 6) is 2.00. The molecule has 6 heteroatoms. The molecule has 6 nitrogen and oxygen atoms in total. The quantitative estimate of drug-likeness (QED) is 0.921. The van der Waals surface area contributed by atoms with E-state index >= 15 is 0 Å². The highest BCUT2D eigenvalue weighted by atomic mass is 16.5. The van der Waals surface area contributed by atoms with Crippen molar-refractivity contribution >= 4 is 6.03 Å². The first-order valence-electron chi connectivity index (χ1n) is 8.85. The zero-order valence-electron chi connectivity index (χ0n) is 15.0. The molecule has 2 amide bonds. The van der Waals surface area contributed by atoms with Crippen LogP contribution < -0.4 is 5.32 Å². The first-order chi connectivity index (χ1) is 11.5. The van der Waals surface area contributed by atoms with Crippen LogP contribution in [0, 0.1) is 6.92 Å². The summed E-state index contributed by atoms with van der Waals surface area (Å²) in [4.78, 5) is 15.9. The van der Waals surface area contributed by atoms with Gasteiger partial charge in [-0.3, -0.25) is 4.90 Å². The highest BCUT2D eigenvalue weighted by Crippen LogP contribution is 2.35. The molecule has 1 spiro atoms. The SMILES string of the molecule is Cc1ccc(CN2CCC3(CC2)CC(NC(=O)N(C)C)CCO3)o1. The Morgan fingerprint density at radius 3 is 2.75 bits per heavy atom. The van der Waals surface area contributed by atoms with Crippen molar-refractivity contribution in [2.45, 2.75) is 50.8 Å². The Balaban J connectivity index is 1.51. The third-order valence-corrected chi connectivity index (χ3v) is 5.17. The number of amides is 2. The van der Waals surface area contributed by atoms with Crippen molar-refractivity contribution in [1.82, 2.24) is 15.1 Å². The van der Waals surface area contributed by atoms with Crippen LogP contribution in [-0.4, -0.2) is 61.3 Å². The summed E-state index contributed by atoms with van der Waals surface area (Å²) in [5.41, 5.74) is -0.0713. The number of ether oxygens (including phenoxy) is 1. The average molecular weight is 335 g/mol. The first kappa shape index (κ1) is 17.3. The number of nitrogens with one attached hydrogen (secondary N) is 1. The van der Waals surface area contributed by atoms with E-state index < -0.39 is 0 Å². The largest absolute Gasteiger partial charge is 0.465 e. The number of hydrogen-bond acceptors (Lipinski definition) is 4. The summed E-state index contributed by atoms with van der Waals surface area (Å²) < 4.78 is 11.8. The standard InChI is InChI=1S/C18H29N3O3/c1-14-4-5-16(24-14)13-21-9-7-18(8-10-21)12-15(6-11-23-18)19-17(22)20(2)3/h4-5,15H,6-13H2,1-3H3,(H,19,22). The van der Waals surface area contributed by atoms with Gasteiger partial charge in [-0.1, -0.05) is 0 Å². The molecule has 2 aliphatic heterocycles. The fourth-order valence-electron chi connectivity index (χ4n) is 3.71. The topological polar surface area (TPSA) is 58.0 Å². The molecule has 3 rings (SSSR count). The minimum atomic E-state index is -0.0713. The van der Waals surface area contributed by atoms with Crippen molar-refractivity contribution in [3.8, 4) is 0 Å². The van der Waals surface area contributed by atoms with Crippen molar-refractivity contribution in [3.05, 3.63) is 23.7 Å². The molecule has 1 atom stereocenters. The van der Waals surface area contributed by atoms with Gasteiger partial charge in [0.2, 0.25) is 0 Å². The third-order valence-electron chi connectivity index (χ3n) is 5.17. The van der Waals surface area contributed by atoms with E-state index in [0.29, 0.717) is 0 Å². The monoisotopic (exact) mass is 335 g/mol. The molecular formula is C18H29N3O3. The van der Waals surface area contributed by atoms with Gasteiger partial charge in [-0.2, -0.15) is 0 Å². The number of aryl methyl sites for hydroxylation is 1. The molecule has 0 aromatic carbocycles. The molecule has 134 valence electrons. The predicted molar refractivity (Wildman–Crippen MR) is 91.9 cm³/mol. The lowest BCUT2D eigenvalue weighted by atomic mass is 9.82. The molecule has 1 aromatic rings. The Labute approximate surface area is 144 Å². The summed E-state index contributed by atoms with van der Waals surface area (Å²) in [6.45, 7) is 5.59. The van der Waals surface area contributed by atoms with Gasteiger partial charge in [0.1, 0.15) is 11.5 Å². The van der Waals surface area contributed by atoms with E-state index in [1.54, 1.807) is 19.0 Å². The van der Waals surface area contributed by atoms with Crippen LogP contribution in [0.5, 0.6) is 0 Å². The molecule has 0 saturated carbocycles. The van der Waals surface area contributed by atoms with Crippen molar-refractivity contribution in [2.24, 2.45) is 0 Å². The zero-order chi connectivity index (χ0) is 17.2. The van der Waals surface area contributed by atoms with Crippen LogP contribution in [0.4, 0.5) is 4.79 Å². The van der Waals surface area contributed by atoms with Gasteiger partial charge in [0.15, 0.2) is 0 Å². The van der Waals surface area contributed by atoms with Gasteiger partial charge >= 0.3 is 6.03 Å². The van der Waals surface area contributed by atoms with Gasteiger partial charge in [0, 0.05) is 39.8 Å². The summed E-state index contributed by atoms with van der Waals surface area (Å²) in [6, 6.07) is 4.28. The molecule has 1 unspecified atom stereocenters. The predicted octanol–water partition coefficient (Wildman–Crippen LogP) is 2.37. The molecule has 24 heavy (non-hydrogen) atoms. The summed E-state index contributed by atoms with van der Waals surface area (Å²) in [6.07, 6.45) is 3.85. The molecule has 1 N–H and O–H groups in total. The lowest BCUT2D eigenvalue weighted by Crippen LogP contribution is -2.54. The maximum atomic E-state index is 11.9. The van der Waals surface area contributed by atoms with Gasteiger partial charge in [-0.25, -0.2) is 4.79 Å². The number of likely N-dealkylation sites (tertiary alicyclic amines) is 1. The van der Waals surface area contributed by atoms with Crippen LogP contribution in [0.3, 0.4) is 0 Å². The van der Waals surface area contributed by atoms with Crippen LogP contribution in [0.25, 0.3) is 0 Å². The van der Waals surface area contributed by atoms with E-state index in [1.807, 2.05) is 13.0 Å². The van der Waals surface area contributed by atoms with Crippen molar-refractivity contribution in [3.63, 3.8) is 0 Å². The summed E-state index contributed by atoms with van der Waals surface area (Å²) >= 11 is 0. The van der Waals surface area contributed by atoms with E-state index in [0.717, 1.165) is 63.4 Å². The number of carbonyl (C=O) groups is 1. The number of nitrogens with zero attached hydrogens (tertiary/aromatic N) is 2. The first-order valence-corrected chi connectivity index (χ1v) is 8.85. The number of urea groups is 1. The fraction of sp³-hybridized carbons (Fsp3) is 0.722. The van der Waals surface area contributed by atoms with Gasteiger partial charge in [-0.15, -0.1) is 0 Å².